The van der Waals surface area contributed by atoms with Crippen LogP contribution in [0.4, 0.5) is 0 Å². The number of hydrogen-bond acceptors (Lipinski definition) is 20. The van der Waals surface area contributed by atoms with Crippen molar-refractivity contribution < 1.29 is 72.2 Å². The molecule has 11 atom stereocenters. The van der Waals surface area contributed by atoms with E-state index >= 15 is 9.59 Å². The number of nitrogens with two attached hydrogens (primary N) is 2. The number of fused-ring (bicyclic) bond motifs is 1. The maximum absolute atomic E-state index is 15.4. The summed E-state index contributed by atoms with van der Waals surface area (Å²) in [5.74, 6) is -14.1. The molecule has 1 fully saturated rings. The van der Waals surface area contributed by atoms with Gasteiger partial charge in [0.05, 0.1) is 55.8 Å². The molecule has 0 radical (unpaired) electrons. The van der Waals surface area contributed by atoms with Crippen molar-refractivity contribution in [2.24, 2.45) is 18.5 Å². The van der Waals surface area contributed by atoms with Gasteiger partial charge in [0.1, 0.15) is 66.5 Å². The molecule has 1 saturated heterocycles. The Hall–Kier alpha value is -13.0. The van der Waals surface area contributed by atoms with Gasteiger partial charge in [0.2, 0.25) is 82.7 Å². The Morgan fingerprint density at radius 1 is 0.552 bits per heavy atom. The van der Waals surface area contributed by atoms with Crippen molar-refractivity contribution in [1.82, 2.24) is 108 Å². The van der Waals surface area contributed by atoms with Crippen LogP contribution in [0, 0.1) is 5.41 Å². The standard InChI is InChI=1S/C76H100N24O15S/c1-6-50-67(107)93-54(27-45-31-84-52-22-15-14-21-49(45)52)70(110)94-55(28-46-32-80-40-87-46)65(105)86-36-63(103)90-58(37-101)74(114)99(4)60(23-16-24-83-76(78)79)75(115)100(5)61(26-44-19-12-9-13-20-44)73(113)96-56(29-47-33-81-41-88-47)71(111)92-51(7-2)68(108)95-57(30-48-34-82-42-98(48)3)72(112)97-59(66(106)85-35-62(77)102)38-116-39-64(104)89-53(69(109)91-50)25-43-17-10-8-11-18-43/h8-15,17-22,31-34,40-42,50-51,53-61,84,101H,6-7,16,23-30,35-39H2,1-5H3,(H2,77,102)(H,80,87)(H,81,88)(H,85,106)(H,86,105)(H,89,104)(H,90,103)(H,91,109)(H,92,111)(H,93,107)(H,94,110)(H,95,108)(H,96,113)(H,97,112)(H4,78,79,83)/t50-,51-,53-,54-,55-,56-,57-,58-,59-,60-,61-/m0/s1. The molecule has 39 nitrogen and oxygen atoms in total. The van der Waals surface area contributed by atoms with Crippen molar-refractivity contribution in [1.29, 1.82) is 5.41 Å². The number of likely N-dealkylation sites (N-methyl/N-ethyl adjacent to an activating group) is 2. The zero-order chi connectivity index (χ0) is 84.0. The van der Waals surface area contributed by atoms with Crippen LogP contribution in [0.1, 0.15) is 73.3 Å². The lowest BCUT2D eigenvalue weighted by atomic mass is 10.0. The Bertz CT molecular complexity index is 4550. The average molecular weight is 1620 g/mol. The van der Waals surface area contributed by atoms with E-state index in [1.165, 1.54) is 51.7 Å². The summed E-state index contributed by atoms with van der Waals surface area (Å²) in [5, 5.41) is 50.8. The molecular weight excluding hydrogens is 1520 g/mol. The molecule has 8 rings (SSSR count). The molecule has 0 unspecified atom stereocenters. The normalized spacial score (nSPS) is 22.4. The number of para-hydroxylation sites is 1. The van der Waals surface area contributed by atoms with Gasteiger partial charge < -0.3 is 110 Å². The van der Waals surface area contributed by atoms with E-state index in [1.54, 1.807) is 117 Å². The zero-order valence-corrected chi connectivity index (χ0v) is 65.5. The number of guanidine groups is 1. The van der Waals surface area contributed by atoms with E-state index in [1.807, 2.05) is 0 Å². The Kier molecular flexibility index (Phi) is 33.5. The summed E-state index contributed by atoms with van der Waals surface area (Å²) in [5.41, 5.74) is 14.3. The maximum Gasteiger partial charge on any atom is 0.247 e. The molecule has 3 aromatic carbocycles. The van der Waals surface area contributed by atoms with Crippen LogP contribution in [-0.4, -0.2) is 256 Å². The van der Waals surface area contributed by atoms with E-state index in [4.69, 9.17) is 16.9 Å². The van der Waals surface area contributed by atoms with Crippen LogP contribution in [0.25, 0.3) is 10.9 Å². The monoisotopic (exact) mass is 1620 g/mol. The first-order valence-corrected chi connectivity index (χ1v) is 38.7. The number of primary amides is 1. The van der Waals surface area contributed by atoms with Gasteiger partial charge in [-0.15, -0.1) is 11.8 Å². The summed E-state index contributed by atoms with van der Waals surface area (Å²) in [6.07, 6.45) is 8.35. The highest BCUT2D eigenvalue weighted by atomic mass is 32.2. The third-order valence-electron chi connectivity index (χ3n) is 19.2. The third kappa shape index (κ3) is 26.3. The van der Waals surface area contributed by atoms with E-state index in [-0.39, 0.29) is 87.9 Å². The van der Waals surface area contributed by atoms with E-state index in [9.17, 15) is 62.6 Å². The molecule has 1 aliphatic heterocycles. The van der Waals surface area contributed by atoms with Crippen LogP contribution in [0.5, 0.6) is 0 Å². The Morgan fingerprint density at radius 2 is 1.06 bits per heavy atom. The number of imidazole rings is 3. The Labute approximate surface area is 671 Å². The Balaban J connectivity index is 1.17. The number of aromatic amines is 3. The van der Waals surface area contributed by atoms with Crippen molar-refractivity contribution in [2.45, 2.75) is 145 Å². The predicted molar refractivity (Wildman–Crippen MR) is 424 cm³/mol. The molecule has 0 bridgehead atoms. The van der Waals surface area contributed by atoms with Crippen molar-refractivity contribution in [3.05, 3.63) is 162 Å². The number of carbonyl (C=O) groups excluding carboxylic acids is 14. The molecule has 7 aromatic rings. The number of thioether (sulfide) groups is 1. The fourth-order valence-electron chi connectivity index (χ4n) is 12.8. The van der Waals surface area contributed by atoms with Crippen LogP contribution >= 0.6 is 11.8 Å². The summed E-state index contributed by atoms with van der Waals surface area (Å²) in [7, 11) is 4.14. The molecule has 620 valence electrons. The molecule has 21 N–H and O–H groups in total. The average Bonchev–Trinajstić information content (AvgIpc) is 1.50. The van der Waals surface area contributed by atoms with E-state index in [2.05, 4.69) is 93.7 Å². The second-order valence-electron chi connectivity index (χ2n) is 27.7. The number of nitrogens with one attached hydrogen (secondary N) is 16. The molecule has 0 aliphatic carbocycles. The highest BCUT2D eigenvalue weighted by Gasteiger charge is 2.40. The number of rotatable bonds is 22. The van der Waals surface area contributed by atoms with E-state index in [0.717, 1.165) is 21.6 Å². The number of hydrogen-bond donors (Lipinski definition) is 19. The van der Waals surface area contributed by atoms with Crippen LogP contribution in [0.15, 0.2) is 129 Å². The minimum Gasteiger partial charge on any atom is -0.394 e. The summed E-state index contributed by atoms with van der Waals surface area (Å²) in [6.45, 7) is 0.547. The molecule has 40 heteroatoms. The molecule has 0 spiro atoms. The molecule has 14 amide bonds. The van der Waals surface area contributed by atoms with Gasteiger partial charge >= 0.3 is 0 Å². The summed E-state index contributed by atoms with van der Waals surface area (Å²) in [4.78, 5) is 226. The van der Waals surface area contributed by atoms with Gasteiger partial charge in [-0.2, -0.15) is 0 Å². The van der Waals surface area contributed by atoms with Gasteiger partial charge in [-0.1, -0.05) is 92.7 Å². The van der Waals surface area contributed by atoms with Gasteiger partial charge in [-0.05, 0) is 48.4 Å². The predicted octanol–water partition coefficient (Wildman–Crippen LogP) is -4.34. The topological polar surface area (TPSA) is 577 Å². The van der Waals surface area contributed by atoms with Crippen LogP contribution in [-0.2, 0) is 113 Å². The number of aryl methyl sites for hydroxylation is 1. The second-order valence-corrected chi connectivity index (χ2v) is 28.7. The quantitative estimate of drug-likeness (QED) is 0.0173. The van der Waals surface area contributed by atoms with Crippen molar-refractivity contribution in [2.75, 3.05) is 51.8 Å². The minimum absolute atomic E-state index is 0.00805. The van der Waals surface area contributed by atoms with Crippen molar-refractivity contribution in [3.8, 4) is 0 Å². The molecule has 1 aliphatic rings. The number of nitrogens with zero attached hydrogens (tertiary/aromatic N) is 6. The van der Waals surface area contributed by atoms with Gasteiger partial charge in [0, 0.05) is 113 Å². The number of aromatic nitrogens is 7. The second kappa shape index (κ2) is 43.9. The van der Waals surface area contributed by atoms with Crippen molar-refractivity contribution in [3.63, 3.8) is 0 Å². The SMILES string of the molecule is CC[C@@H]1NC(=O)[C@H](Cc2ccccc2)NC(=O)CSC[C@@H](C(=O)NCC(N)=O)NC(=O)[C@H](Cc2cncn2C)NC(=O)[C@H](CC)NC(=O)[C@H](Cc2c[nH]cn2)NC(=O)[C@H](Cc2ccccc2)N(C)C(=O)[C@H](CCCNC(=N)N)N(C)C(=O)[C@H](CO)NC(=O)CNC(=O)[C@H](Cc2c[nH]cn2)NC(=O)[C@H](Cc2c[nH]c3ccccc23)NC1=O. The number of amides is 14. The number of aliphatic hydroxyl groups is 1. The number of benzene rings is 3. The maximum atomic E-state index is 15.4. The summed E-state index contributed by atoms with van der Waals surface area (Å²) < 4.78 is 1.56. The molecular formula is C76H100N24O15S. The van der Waals surface area contributed by atoms with Gasteiger partial charge in [-0.25, -0.2) is 15.0 Å². The Morgan fingerprint density at radius 3 is 1.61 bits per heavy atom. The fraction of sp³-hybridized carbons (Fsp3) is 0.421. The molecule has 0 saturated carbocycles. The molecule has 5 heterocycles. The van der Waals surface area contributed by atoms with Crippen LogP contribution in [0.2, 0.25) is 0 Å². The smallest absolute Gasteiger partial charge is 0.247 e. The van der Waals surface area contributed by atoms with Crippen LogP contribution < -0.4 is 75.3 Å². The van der Waals surface area contributed by atoms with Crippen molar-refractivity contribution >= 4 is 111 Å². The molecule has 4 aromatic heterocycles. The minimum atomic E-state index is -1.79. The highest BCUT2D eigenvalue weighted by Crippen LogP contribution is 2.22. The lowest BCUT2D eigenvalue weighted by Crippen LogP contribution is -2.61. The lowest BCUT2D eigenvalue weighted by Gasteiger charge is -2.36. The fourth-order valence-corrected chi connectivity index (χ4v) is 13.6. The van der Waals surface area contributed by atoms with Crippen LogP contribution in [0.3, 0.4) is 0 Å². The number of H-pyrrole nitrogens is 3. The summed E-state index contributed by atoms with van der Waals surface area (Å²) in [6, 6.07) is 7.43. The number of aliphatic hydroxyl groups excluding tert-OH is 1. The highest BCUT2D eigenvalue weighted by molar-refractivity contribution is 8.00. The molecule has 116 heavy (non-hydrogen) atoms. The summed E-state index contributed by atoms with van der Waals surface area (Å²) >= 11 is 0.825. The van der Waals surface area contributed by atoms with E-state index in [0.29, 0.717) is 33.3 Å². The third-order valence-corrected chi connectivity index (χ3v) is 20.2. The van der Waals surface area contributed by atoms with Gasteiger partial charge in [-0.3, -0.25) is 72.5 Å². The number of carbonyl (C=O) groups is 14. The first-order chi connectivity index (χ1) is 55.6. The lowest BCUT2D eigenvalue weighted by molar-refractivity contribution is -0.149. The van der Waals surface area contributed by atoms with Gasteiger partial charge in [0.25, 0.3) is 0 Å². The first-order valence-electron chi connectivity index (χ1n) is 37.5. The first kappa shape index (κ1) is 88.6. The van der Waals surface area contributed by atoms with Gasteiger partial charge in [0.15, 0.2) is 5.96 Å². The zero-order valence-electron chi connectivity index (χ0n) is 64.7. The largest absolute Gasteiger partial charge is 0.394 e. The van der Waals surface area contributed by atoms with E-state index < -0.39 is 181 Å².